The van der Waals surface area contributed by atoms with Gasteiger partial charge in [-0.05, 0) is 23.8 Å². The summed E-state index contributed by atoms with van der Waals surface area (Å²) >= 11 is 5.71. The maximum absolute atomic E-state index is 11.9. The van der Waals surface area contributed by atoms with Crippen LogP contribution in [-0.4, -0.2) is 23.1 Å². The fourth-order valence-electron chi connectivity index (χ4n) is 1.61. The number of nitrogens with zero attached hydrogens (tertiary/aromatic N) is 1. The summed E-state index contributed by atoms with van der Waals surface area (Å²) in [5.74, 6) is -0.0201. The van der Waals surface area contributed by atoms with Crippen molar-refractivity contribution in [1.82, 2.24) is 10.3 Å². The number of carbonyl (C=O) groups is 1. The first-order valence-electron chi connectivity index (χ1n) is 5.86. The standard InChI is InChI=1S/C14H13ClN2O3/c1-20-13-5-2-9(7-16-13)8-17-14(19)11-4-3-10(15)6-12(11)18/h2-7,18H,8H2,1H3,(H,17,19). The van der Waals surface area contributed by atoms with E-state index in [1.54, 1.807) is 24.4 Å². The molecule has 1 heterocycles. The van der Waals surface area contributed by atoms with Gasteiger partial charge in [0.1, 0.15) is 5.75 Å². The van der Waals surface area contributed by atoms with Crippen LogP contribution in [0.4, 0.5) is 0 Å². The highest BCUT2D eigenvalue weighted by Gasteiger charge is 2.11. The van der Waals surface area contributed by atoms with Crippen molar-refractivity contribution >= 4 is 17.5 Å². The minimum Gasteiger partial charge on any atom is -0.507 e. The Kier molecular flexibility index (Phi) is 4.42. The zero-order valence-electron chi connectivity index (χ0n) is 10.8. The summed E-state index contributed by atoms with van der Waals surface area (Å²) in [7, 11) is 1.53. The van der Waals surface area contributed by atoms with Gasteiger partial charge in [0.25, 0.3) is 5.91 Å². The molecule has 0 bridgehead atoms. The molecule has 0 saturated heterocycles. The molecule has 6 heteroatoms. The third-order valence-electron chi connectivity index (χ3n) is 2.66. The van der Waals surface area contributed by atoms with Crippen molar-refractivity contribution in [2.24, 2.45) is 0 Å². The van der Waals surface area contributed by atoms with Crippen LogP contribution in [0.15, 0.2) is 36.5 Å². The highest BCUT2D eigenvalue weighted by Crippen LogP contribution is 2.21. The molecule has 2 aromatic rings. The Balaban J connectivity index is 2.00. The number of ether oxygens (including phenoxy) is 1. The number of phenolic OH excluding ortho intramolecular Hbond substituents is 1. The highest BCUT2D eigenvalue weighted by atomic mass is 35.5. The van der Waals surface area contributed by atoms with Crippen LogP contribution in [-0.2, 0) is 6.54 Å². The molecule has 1 aromatic carbocycles. The summed E-state index contributed by atoms with van der Waals surface area (Å²) in [6, 6.07) is 7.85. The Bertz CT molecular complexity index is 614. The van der Waals surface area contributed by atoms with Crippen LogP contribution in [0.3, 0.4) is 0 Å². The summed E-state index contributed by atoms with van der Waals surface area (Å²) in [4.78, 5) is 16.0. The zero-order chi connectivity index (χ0) is 14.5. The van der Waals surface area contributed by atoms with Gasteiger partial charge in [0, 0.05) is 23.8 Å². The molecule has 0 radical (unpaired) electrons. The molecule has 0 fully saturated rings. The Morgan fingerprint density at radius 1 is 1.40 bits per heavy atom. The maximum Gasteiger partial charge on any atom is 0.255 e. The number of hydrogen-bond donors (Lipinski definition) is 2. The Morgan fingerprint density at radius 3 is 2.80 bits per heavy atom. The minimum atomic E-state index is -0.380. The SMILES string of the molecule is COc1ccc(CNC(=O)c2ccc(Cl)cc2O)cn1. The van der Waals surface area contributed by atoms with Crippen molar-refractivity contribution in [3.05, 3.63) is 52.7 Å². The van der Waals surface area contributed by atoms with E-state index in [9.17, 15) is 9.90 Å². The number of amides is 1. The van der Waals surface area contributed by atoms with E-state index in [2.05, 4.69) is 10.3 Å². The summed E-state index contributed by atoms with van der Waals surface area (Å²) in [5.41, 5.74) is 1.00. The fraction of sp³-hybridized carbons (Fsp3) is 0.143. The van der Waals surface area contributed by atoms with Crippen molar-refractivity contribution in [2.45, 2.75) is 6.54 Å². The predicted octanol–water partition coefficient (Wildman–Crippen LogP) is 2.38. The van der Waals surface area contributed by atoms with Crippen LogP contribution in [0.1, 0.15) is 15.9 Å². The molecule has 0 aliphatic heterocycles. The van der Waals surface area contributed by atoms with Crippen LogP contribution < -0.4 is 10.1 Å². The van der Waals surface area contributed by atoms with E-state index >= 15 is 0 Å². The first-order valence-corrected chi connectivity index (χ1v) is 6.23. The topological polar surface area (TPSA) is 71.5 Å². The number of halogens is 1. The Morgan fingerprint density at radius 2 is 2.20 bits per heavy atom. The molecule has 2 N–H and O–H groups in total. The van der Waals surface area contributed by atoms with Crippen molar-refractivity contribution in [1.29, 1.82) is 0 Å². The van der Waals surface area contributed by atoms with E-state index < -0.39 is 0 Å². The average molecular weight is 293 g/mol. The lowest BCUT2D eigenvalue weighted by molar-refractivity contribution is 0.0948. The largest absolute Gasteiger partial charge is 0.507 e. The minimum absolute atomic E-state index is 0.150. The van der Waals surface area contributed by atoms with Gasteiger partial charge in [0.2, 0.25) is 5.88 Å². The predicted molar refractivity (Wildman–Crippen MR) is 75.1 cm³/mol. The van der Waals surface area contributed by atoms with E-state index in [0.29, 0.717) is 17.4 Å². The second kappa shape index (κ2) is 6.25. The van der Waals surface area contributed by atoms with Crippen LogP contribution in [0.25, 0.3) is 0 Å². The molecule has 104 valence electrons. The summed E-state index contributed by atoms with van der Waals surface area (Å²) in [5, 5.41) is 12.7. The van der Waals surface area contributed by atoms with Gasteiger partial charge in [0.05, 0.1) is 12.7 Å². The number of aromatic hydroxyl groups is 1. The van der Waals surface area contributed by atoms with E-state index in [1.807, 2.05) is 0 Å². The van der Waals surface area contributed by atoms with Gasteiger partial charge in [-0.25, -0.2) is 4.98 Å². The number of aromatic nitrogens is 1. The second-order valence-electron chi connectivity index (χ2n) is 4.05. The smallest absolute Gasteiger partial charge is 0.255 e. The molecule has 1 amide bonds. The van der Waals surface area contributed by atoms with Gasteiger partial charge in [-0.2, -0.15) is 0 Å². The molecule has 0 spiro atoms. The first-order chi connectivity index (χ1) is 9.60. The van der Waals surface area contributed by atoms with E-state index in [1.165, 1.54) is 19.2 Å². The van der Waals surface area contributed by atoms with Crippen molar-refractivity contribution in [2.75, 3.05) is 7.11 Å². The molecule has 1 aromatic heterocycles. The summed E-state index contributed by atoms with van der Waals surface area (Å²) in [6.45, 7) is 0.303. The normalized spacial score (nSPS) is 10.1. The lowest BCUT2D eigenvalue weighted by atomic mass is 10.2. The third-order valence-corrected chi connectivity index (χ3v) is 2.90. The zero-order valence-corrected chi connectivity index (χ0v) is 11.5. The van der Waals surface area contributed by atoms with Gasteiger partial charge >= 0.3 is 0 Å². The van der Waals surface area contributed by atoms with Gasteiger partial charge in [-0.1, -0.05) is 17.7 Å². The van der Waals surface area contributed by atoms with Gasteiger partial charge < -0.3 is 15.2 Å². The summed E-state index contributed by atoms with van der Waals surface area (Å²) in [6.07, 6.45) is 1.61. The molecule has 2 rings (SSSR count). The number of methoxy groups -OCH3 is 1. The second-order valence-corrected chi connectivity index (χ2v) is 4.49. The number of pyridine rings is 1. The van der Waals surface area contributed by atoms with Crippen molar-refractivity contribution in [3.8, 4) is 11.6 Å². The quantitative estimate of drug-likeness (QED) is 0.907. The number of phenols is 1. The van der Waals surface area contributed by atoms with E-state index in [-0.39, 0.29) is 17.2 Å². The molecule has 0 aliphatic rings. The van der Waals surface area contributed by atoms with E-state index in [4.69, 9.17) is 16.3 Å². The van der Waals surface area contributed by atoms with Gasteiger partial charge in [-0.3, -0.25) is 4.79 Å². The van der Waals surface area contributed by atoms with Crippen LogP contribution >= 0.6 is 11.6 Å². The maximum atomic E-state index is 11.9. The number of rotatable bonds is 4. The molecule has 0 unspecified atom stereocenters. The van der Waals surface area contributed by atoms with Crippen LogP contribution in [0, 0.1) is 0 Å². The number of benzene rings is 1. The van der Waals surface area contributed by atoms with Crippen molar-refractivity contribution in [3.63, 3.8) is 0 Å². The monoisotopic (exact) mass is 292 g/mol. The fourth-order valence-corrected chi connectivity index (χ4v) is 1.78. The average Bonchev–Trinajstić information content (AvgIpc) is 2.45. The van der Waals surface area contributed by atoms with E-state index in [0.717, 1.165) is 5.56 Å². The lowest BCUT2D eigenvalue weighted by Gasteiger charge is -2.07. The van der Waals surface area contributed by atoms with Crippen LogP contribution in [0.5, 0.6) is 11.6 Å². The summed E-state index contributed by atoms with van der Waals surface area (Å²) < 4.78 is 4.95. The Labute approximate surface area is 121 Å². The number of nitrogens with one attached hydrogen (secondary N) is 1. The molecular formula is C14H13ClN2O3. The van der Waals surface area contributed by atoms with Crippen LogP contribution in [0.2, 0.25) is 5.02 Å². The molecule has 20 heavy (non-hydrogen) atoms. The van der Waals surface area contributed by atoms with Gasteiger partial charge in [-0.15, -0.1) is 0 Å². The third kappa shape index (κ3) is 3.39. The van der Waals surface area contributed by atoms with Gasteiger partial charge in [0.15, 0.2) is 0 Å². The lowest BCUT2D eigenvalue weighted by Crippen LogP contribution is -2.22. The van der Waals surface area contributed by atoms with Crippen molar-refractivity contribution < 1.29 is 14.6 Å². The number of carbonyl (C=O) groups excluding carboxylic acids is 1. The number of hydrogen-bond acceptors (Lipinski definition) is 4. The molecule has 5 nitrogen and oxygen atoms in total. The molecule has 0 saturated carbocycles. The molecule has 0 atom stereocenters. The first kappa shape index (κ1) is 14.1. The molecular weight excluding hydrogens is 280 g/mol. The molecule has 0 aliphatic carbocycles. The highest BCUT2D eigenvalue weighted by molar-refractivity contribution is 6.30. The Hall–Kier alpha value is -2.27.